The molecule has 0 saturated heterocycles. The molecular weight excluding hydrogens is 464 g/mol. The molecule has 0 radical (unpaired) electrons. The van der Waals surface area contributed by atoms with Crippen LogP contribution in [0.4, 0.5) is 5.69 Å². The van der Waals surface area contributed by atoms with Crippen LogP contribution in [0.1, 0.15) is 23.1 Å². The average molecular weight is 493 g/mol. The zero-order chi connectivity index (χ0) is 26.1. The number of ether oxygens (including phenoxy) is 3. The normalized spacial score (nSPS) is 18.8. The van der Waals surface area contributed by atoms with Crippen LogP contribution in [0.15, 0.2) is 71.9 Å². The zero-order valence-electron chi connectivity index (χ0n) is 20.4. The summed E-state index contributed by atoms with van der Waals surface area (Å²) in [6.07, 6.45) is 7.96. The predicted molar refractivity (Wildman–Crippen MR) is 134 cm³/mol. The van der Waals surface area contributed by atoms with Gasteiger partial charge >= 0.3 is 17.6 Å². The third-order valence-electron chi connectivity index (χ3n) is 6.03. The highest BCUT2D eigenvalue weighted by atomic mass is 16.6. The van der Waals surface area contributed by atoms with Gasteiger partial charge in [0.1, 0.15) is 5.92 Å². The summed E-state index contributed by atoms with van der Waals surface area (Å²) in [4.78, 5) is 42.0. The molecular formula is C27H28N2O7. The van der Waals surface area contributed by atoms with E-state index in [4.69, 9.17) is 14.2 Å². The van der Waals surface area contributed by atoms with Crippen molar-refractivity contribution in [3.8, 4) is 5.75 Å². The fourth-order valence-corrected chi connectivity index (χ4v) is 3.87. The van der Waals surface area contributed by atoms with Gasteiger partial charge in [0.15, 0.2) is 5.54 Å². The summed E-state index contributed by atoms with van der Waals surface area (Å²) in [5.41, 5.74) is 0.0613. The number of aliphatic imine (C=N–C) groups is 1. The van der Waals surface area contributed by atoms with Crippen LogP contribution >= 0.6 is 0 Å². The molecule has 1 heterocycles. The van der Waals surface area contributed by atoms with E-state index in [-0.39, 0.29) is 24.5 Å². The van der Waals surface area contributed by atoms with Crippen molar-refractivity contribution in [3.05, 3.63) is 93.8 Å². The molecule has 3 rings (SSSR count). The van der Waals surface area contributed by atoms with E-state index in [2.05, 4.69) is 4.99 Å². The molecule has 0 N–H and O–H groups in total. The summed E-state index contributed by atoms with van der Waals surface area (Å²) in [6, 6.07) is 12.6. The second-order valence-electron chi connectivity index (χ2n) is 8.31. The van der Waals surface area contributed by atoms with Crippen molar-refractivity contribution in [1.82, 2.24) is 0 Å². The third kappa shape index (κ3) is 5.92. The van der Waals surface area contributed by atoms with E-state index in [9.17, 15) is 19.7 Å². The highest BCUT2D eigenvalue weighted by molar-refractivity contribution is 5.95. The molecule has 2 aromatic carbocycles. The minimum Gasteiger partial charge on any atom is -0.434 e. The first-order chi connectivity index (χ1) is 17.3. The predicted octanol–water partition coefficient (Wildman–Crippen LogP) is 4.45. The Morgan fingerprint density at radius 1 is 1.17 bits per heavy atom. The summed E-state index contributed by atoms with van der Waals surface area (Å²) in [5, 5.41) is 11.7. The van der Waals surface area contributed by atoms with E-state index in [1.807, 2.05) is 30.3 Å². The number of dihydropyridines is 1. The first-order valence-electron chi connectivity index (χ1n) is 11.4. The first kappa shape index (κ1) is 26.5. The van der Waals surface area contributed by atoms with E-state index in [0.717, 1.165) is 5.56 Å². The van der Waals surface area contributed by atoms with Crippen molar-refractivity contribution in [2.75, 3.05) is 13.7 Å². The Morgan fingerprint density at radius 3 is 2.61 bits per heavy atom. The number of benzene rings is 2. The summed E-state index contributed by atoms with van der Waals surface area (Å²) in [7, 11) is 1.45. The van der Waals surface area contributed by atoms with Gasteiger partial charge in [0.05, 0.1) is 11.2 Å². The van der Waals surface area contributed by atoms with Crippen molar-refractivity contribution < 1.29 is 28.7 Å². The molecule has 0 aliphatic carbocycles. The minimum atomic E-state index is -1.72. The molecule has 9 heteroatoms. The van der Waals surface area contributed by atoms with E-state index in [0.29, 0.717) is 17.5 Å². The standard InChI is InChI=1S/C27H28N2O7/c1-19-13-14-23(24(20(19)2)29(32)33)36-26(31)27(15-18-34-3)22(12-7-16-28-27)25(30)35-17-8-11-21-9-5-4-6-10-21/h4-10,12-14,16-17,22H,11,15,18H2,1-3H3. The lowest BCUT2D eigenvalue weighted by Gasteiger charge is -2.33. The number of hydrogen-bond donors (Lipinski definition) is 0. The van der Waals surface area contributed by atoms with Crippen LogP contribution < -0.4 is 4.74 Å². The lowest BCUT2D eigenvalue weighted by atomic mass is 9.80. The summed E-state index contributed by atoms with van der Waals surface area (Å²) < 4.78 is 16.0. The van der Waals surface area contributed by atoms with Gasteiger partial charge < -0.3 is 14.2 Å². The van der Waals surface area contributed by atoms with Gasteiger partial charge in [-0.1, -0.05) is 42.5 Å². The van der Waals surface area contributed by atoms with Crippen molar-refractivity contribution >= 4 is 23.8 Å². The topological polar surface area (TPSA) is 117 Å². The fraction of sp³-hybridized carbons (Fsp3) is 0.296. The van der Waals surface area contributed by atoms with Crippen molar-refractivity contribution in [2.45, 2.75) is 32.2 Å². The van der Waals surface area contributed by atoms with Crippen LogP contribution in [0.5, 0.6) is 5.75 Å². The molecule has 36 heavy (non-hydrogen) atoms. The van der Waals surface area contributed by atoms with E-state index < -0.39 is 28.3 Å². The van der Waals surface area contributed by atoms with Gasteiger partial charge in [0.25, 0.3) is 0 Å². The number of esters is 2. The number of nitrogens with zero attached hydrogens (tertiary/aromatic N) is 2. The number of nitro benzene ring substituents is 1. The van der Waals surface area contributed by atoms with Crippen LogP contribution in [0.3, 0.4) is 0 Å². The maximum absolute atomic E-state index is 13.5. The van der Waals surface area contributed by atoms with Crippen molar-refractivity contribution in [1.29, 1.82) is 0 Å². The van der Waals surface area contributed by atoms with E-state index in [1.165, 1.54) is 37.8 Å². The monoisotopic (exact) mass is 492 g/mol. The van der Waals surface area contributed by atoms with Crippen molar-refractivity contribution in [2.24, 2.45) is 10.9 Å². The third-order valence-corrected chi connectivity index (χ3v) is 6.03. The molecule has 2 unspecified atom stereocenters. The summed E-state index contributed by atoms with van der Waals surface area (Å²) in [6.45, 7) is 3.39. The number of rotatable bonds is 10. The van der Waals surface area contributed by atoms with E-state index >= 15 is 0 Å². The Balaban J connectivity index is 1.86. The number of methoxy groups -OCH3 is 1. The second-order valence-corrected chi connectivity index (χ2v) is 8.31. The number of nitro groups is 1. The van der Waals surface area contributed by atoms with Crippen LogP contribution in [0.2, 0.25) is 0 Å². The van der Waals surface area contributed by atoms with Crippen LogP contribution in [0.25, 0.3) is 0 Å². The molecule has 9 nitrogen and oxygen atoms in total. The van der Waals surface area contributed by atoms with Crippen LogP contribution in [-0.4, -0.2) is 42.3 Å². The highest BCUT2D eigenvalue weighted by Gasteiger charge is 2.51. The molecule has 0 bridgehead atoms. The molecule has 2 aromatic rings. The summed E-state index contributed by atoms with van der Waals surface area (Å²) >= 11 is 0. The van der Waals surface area contributed by atoms with Gasteiger partial charge in [-0.05, 0) is 49.6 Å². The number of allylic oxidation sites excluding steroid dienone is 2. The number of carbonyl (C=O) groups is 2. The quantitative estimate of drug-likeness (QED) is 0.158. The van der Waals surface area contributed by atoms with Crippen LogP contribution in [0, 0.1) is 29.9 Å². The SMILES string of the molecule is COCCC1(C(=O)Oc2ccc(C)c(C)c2[N+](=O)[O-])N=CC=CC1C(=O)OC=CCc1ccccc1. The second kappa shape index (κ2) is 12.0. The molecule has 0 amide bonds. The molecule has 0 saturated carbocycles. The molecule has 1 aliphatic rings. The first-order valence-corrected chi connectivity index (χ1v) is 11.4. The van der Waals surface area contributed by atoms with Crippen LogP contribution in [-0.2, 0) is 25.5 Å². The lowest BCUT2D eigenvalue weighted by molar-refractivity contribution is -0.386. The molecule has 188 valence electrons. The molecule has 1 aliphatic heterocycles. The largest absolute Gasteiger partial charge is 0.434 e. The number of carbonyl (C=O) groups excluding carboxylic acids is 2. The maximum Gasteiger partial charge on any atom is 0.340 e. The lowest BCUT2D eigenvalue weighted by Crippen LogP contribution is -2.51. The number of aryl methyl sites for hydroxylation is 1. The molecule has 0 aromatic heterocycles. The number of hydrogen-bond acceptors (Lipinski definition) is 8. The summed E-state index contributed by atoms with van der Waals surface area (Å²) in [5.74, 6) is -2.97. The Kier molecular flexibility index (Phi) is 8.86. The van der Waals surface area contributed by atoms with Crippen molar-refractivity contribution in [3.63, 3.8) is 0 Å². The molecule has 2 atom stereocenters. The van der Waals surface area contributed by atoms with Gasteiger partial charge in [-0.25, -0.2) is 4.79 Å². The van der Waals surface area contributed by atoms with Gasteiger partial charge in [-0.3, -0.25) is 19.9 Å². The zero-order valence-corrected chi connectivity index (χ0v) is 20.4. The Morgan fingerprint density at radius 2 is 1.92 bits per heavy atom. The Bertz CT molecular complexity index is 1200. The molecule has 0 fully saturated rings. The van der Waals surface area contributed by atoms with Gasteiger partial charge in [-0.15, -0.1) is 0 Å². The fourth-order valence-electron chi connectivity index (χ4n) is 3.87. The smallest absolute Gasteiger partial charge is 0.340 e. The van der Waals surface area contributed by atoms with Gasteiger partial charge in [0.2, 0.25) is 5.75 Å². The molecule has 0 spiro atoms. The average Bonchev–Trinajstić information content (AvgIpc) is 2.88. The van der Waals surface area contributed by atoms with Gasteiger partial charge in [-0.2, -0.15) is 0 Å². The maximum atomic E-state index is 13.5. The van der Waals surface area contributed by atoms with Gasteiger partial charge in [0, 0.05) is 31.9 Å². The Hall–Kier alpha value is -4.11. The Labute approximate surface area is 209 Å². The van der Waals surface area contributed by atoms with E-state index in [1.54, 1.807) is 26.0 Å². The minimum absolute atomic E-state index is 0.00465. The highest BCUT2D eigenvalue weighted by Crippen LogP contribution is 2.37.